The molecule has 100 valence electrons. The topological polar surface area (TPSA) is 77.8 Å². The fourth-order valence-electron chi connectivity index (χ4n) is 3.18. The van der Waals surface area contributed by atoms with E-state index in [0.29, 0.717) is 11.8 Å². The largest absolute Gasteiger partial charge is 0.480 e. The van der Waals surface area contributed by atoms with Crippen LogP contribution in [-0.4, -0.2) is 45.7 Å². The van der Waals surface area contributed by atoms with Crippen LogP contribution in [0.3, 0.4) is 0 Å². The van der Waals surface area contributed by atoms with Crippen LogP contribution in [0.4, 0.5) is 0 Å². The third-order valence-electron chi connectivity index (χ3n) is 4.39. The van der Waals surface area contributed by atoms with Crippen LogP contribution in [0.1, 0.15) is 32.1 Å². The minimum atomic E-state index is -0.995. The van der Waals surface area contributed by atoms with Crippen molar-refractivity contribution in [2.45, 2.75) is 44.2 Å². The van der Waals surface area contributed by atoms with E-state index in [1.807, 2.05) is 0 Å². The molecule has 5 heteroatoms. The third kappa shape index (κ3) is 2.11. The summed E-state index contributed by atoms with van der Waals surface area (Å²) >= 11 is 0. The van der Waals surface area contributed by atoms with Gasteiger partial charge in [0.05, 0.1) is 6.10 Å². The summed E-state index contributed by atoms with van der Waals surface area (Å²) in [6, 6.07) is -0.826. The minimum absolute atomic E-state index is 0.0241. The van der Waals surface area contributed by atoms with E-state index in [0.717, 1.165) is 25.7 Å². The van der Waals surface area contributed by atoms with Crippen molar-refractivity contribution in [3.05, 3.63) is 0 Å². The second-order valence-electron chi connectivity index (χ2n) is 5.93. The van der Waals surface area contributed by atoms with Gasteiger partial charge in [-0.2, -0.15) is 0 Å². The lowest BCUT2D eigenvalue weighted by Gasteiger charge is -2.26. The Labute approximate surface area is 106 Å². The molecule has 0 bridgehead atoms. The number of β-amino-alcohol motifs (C(OH)–C–C–N with tert-alkyl or cyclic N) is 1. The molecule has 3 fully saturated rings. The van der Waals surface area contributed by atoms with Gasteiger partial charge in [-0.25, -0.2) is 4.79 Å². The lowest BCUT2D eigenvalue weighted by atomic mass is 9.96. The van der Waals surface area contributed by atoms with E-state index in [1.54, 1.807) is 0 Å². The normalized spacial score (nSPS) is 32.0. The van der Waals surface area contributed by atoms with Crippen LogP contribution < -0.4 is 0 Å². The maximum absolute atomic E-state index is 12.5. The number of aliphatic hydroxyl groups is 1. The van der Waals surface area contributed by atoms with Crippen LogP contribution >= 0.6 is 0 Å². The molecule has 1 heterocycles. The zero-order valence-electron chi connectivity index (χ0n) is 10.3. The van der Waals surface area contributed by atoms with E-state index in [-0.39, 0.29) is 24.8 Å². The van der Waals surface area contributed by atoms with E-state index < -0.39 is 18.1 Å². The molecule has 2 N–H and O–H groups in total. The van der Waals surface area contributed by atoms with Crippen LogP contribution in [0.2, 0.25) is 0 Å². The summed E-state index contributed by atoms with van der Waals surface area (Å²) in [6.07, 6.45) is 3.88. The molecular formula is C13H19NO4. The molecule has 2 atom stereocenters. The van der Waals surface area contributed by atoms with Crippen molar-refractivity contribution < 1.29 is 19.8 Å². The molecule has 0 aromatic carbocycles. The van der Waals surface area contributed by atoms with Crippen LogP contribution in [0.15, 0.2) is 0 Å². The lowest BCUT2D eigenvalue weighted by molar-refractivity contribution is -0.150. The number of aliphatic hydroxyl groups excluding tert-OH is 1. The Bertz CT molecular complexity index is 363. The van der Waals surface area contributed by atoms with Crippen molar-refractivity contribution in [1.82, 2.24) is 4.90 Å². The van der Waals surface area contributed by atoms with Gasteiger partial charge in [-0.15, -0.1) is 0 Å². The molecule has 2 unspecified atom stereocenters. The maximum atomic E-state index is 12.5. The number of rotatable bonds is 4. The summed E-state index contributed by atoms with van der Waals surface area (Å²) in [5.41, 5.74) is 0. The van der Waals surface area contributed by atoms with Gasteiger partial charge in [0.1, 0.15) is 6.04 Å². The monoisotopic (exact) mass is 253 g/mol. The number of amides is 1. The molecular weight excluding hydrogens is 234 g/mol. The van der Waals surface area contributed by atoms with E-state index in [4.69, 9.17) is 5.11 Å². The van der Waals surface area contributed by atoms with Gasteiger partial charge in [0.15, 0.2) is 0 Å². The predicted molar refractivity (Wildman–Crippen MR) is 62.7 cm³/mol. The Hall–Kier alpha value is -1.10. The molecule has 0 spiro atoms. The highest BCUT2D eigenvalue weighted by Gasteiger charge is 2.50. The molecule has 2 aliphatic carbocycles. The zero-order chi connectivity index (χ0) is 12.9. The number of likely N-dealkylation sites (tertiary alicyclic amines) is 1. The molecule has 1 amide bonds. The van der Waals surface area contributed by atoms with Crippen molar-refractivity contribution in [1.29, 1.82) is 0 Å². The Morgan fingerprint density at radius 1 is 1.11 bits per heavy atom. The molecule has 18 heavy (non-hydrogen) atoms. The highest BCUT2D eigenvalue weighted by molar-refractivity contribution is 5.86. The first kappa shape index (κ1) is 12.0. The van der Waals surface area contributed by atoms with E-state index in [1.165, 1.54) is 4.90 Å². The van der Waals surface area contributed by atoms with E-state index in [9.17, 15) is 14.7 Å². The maximum Gasteiger partial charge on any atom is 0.326 e. The summed E-state index contributed by atoms with van der Waals surface area (Å²) < 4.78 is 0. The summed E-state index contributed by atoms with van der Waals surface area (Å²) in [6.45, 7) is 0.186. The van der Waals surface area contributed by atoms with E-state index in [2.05, 4.69) is 0 Å². The average Bonchev–Trinajstić information content (AvgIpc) is 3.20. The molecule has 3 aliphatic rings. The fourth-order valence-corrected chi connectivity index (χ4v) is 3.18. The second-order valence-corrected chi connectivity index (χ2v) is 5.93. The average molecular weight is 253 g/mol. The Kier molecular flexibility index (Phi) is 2.81. The van der Waals surface area contributed by atoms with Gasteiger partial charge in [-0.3, -0.25) is 4.79 Å². The molecule has 5 nitrogen and oxygen atoms in total. The van der Waals surface area contributed by atoms with Gasteiger partial charge < -0.3 is 15.1 Å². The van der Waals surface area contributed by atoms with Crippen LogP contribution in [-0.2, 0) is 9.59 Å². The molecule has 3 rings (SSSR count). The van der Waals surface area contributed by atoms with Gasteiger partial charge in [-0.05, 0) is 37.5 Å². The summed E-state index contributed by atoms with van der Waals surface area (Å²) in [5.74, 6) is -0.0549. The molecule has 2 saturated carbocycles. The van der Waals surface area contributed by atoms with Crippen LogP contribution in [0.5, 0.6) is 0 Å². The predicted octanol–water partition coefficient (Wildman–Crippen LogP) is 0.469. The second kappa shape index (κ2) is 4.23. The third-order valence-corrected chi connectivity index (χ3v) is 4.39. The molecule has 0 aromatic rings. The van der Waals surface area contributed by atoms with Crippen LogP contribution in [0.25, 0.3) is 0 Å². The fraction of sp³-hybridized carbons (Fsp3) is 0.846. The molecule has 1 aliphatic heterocycles. The zero-order valence-corrected chi connectivity index (χ0v) is 10.3. The standard InChI is InChI=1S/C13H19NO4/c15-9-5-10(13(17)18)14(6-9)12(16)11(7-1-2-7)8-3-4-8/h7-11,15H,1-6H2,(H,17,18). The molecule has 0 radical (unpaired) electrons. The first-order valence-corrected chi connectivity index (χ1v) is 6.79. The number of carbonyl (C=O) groups excluding carboxylic acids is 1. The quantitative estimate of drug-likeness (QED) is 0.763. The van der Waals surface area contributed by atoms with Crippen molar-refractivity contribution in [2.75, 3.05) is 6.54 Å². The van der Waals surface area contributed by atoms with Crippen LogP contribution in [0, 0.1) is 17.8 Å². The highest BCUT2D eigenvalue weighted by Crippen LogP contribution is 2.50. The number of carbonyl (C=O) groups is 2. The summed E-state index contributed by atoms with van der Waals surface area (Å²) in [4.78, 5) is 25.1. The minimum Gasteiger partial charge on any atom is -0.480 e. The lowest BCUT2D eigenvalue weighted by Crippen LogP contribution is -2.44. The molecule has 0 aromatic heterocycles. The van der Waals surface area contributed by atoms with Gasteiger partial charge in [-0.1, -0.05) is 0 Å². The Balaban J connectivity index is 1.75. The Morgan fingerprint density at radius 2 is 1.67 bits per heavy atom. The number of aliphatic carboxylic acids is 1. The summed E-state index contributed by atoms with van der Waals surface area (Å²) in [5, 5.41) is 18.7. The molecule has 1 saturated heterocycles. The van der Waals surface area contributed by atoms with Crippen molar-refractivity contribution in [3.8, 4) is 0 Å². The SMILES string of the molecule is O=C(O)C1CC(O)CN1C(=O)C(C1CC1)C1CC1. The number of carboxylic acid groups (broad SMARTS) is 1. The number of nitrogens with zero attached hydrogens (tertiary/aromatic N) is 1. The van der Waals surface area contributed by atoms with Crippen molar-refractivity contribution >= 4 is 11.9 Å². The van der Waals surface area contributed by atoms with Gasteiger partial charge in [0.25, 0.3) is 0 Å². The first-order valence-electron chi connectivity index (χ1n) is 6.79. The number of hydrogen-bond acceptors (Lipinski definition) is 3. The van der Waals surface area contributed by atoms with E-state index >= 15 is 0 Å². The Morgan fingerprint density at radius 3 is 2.11 bits per heavy atom. The van der Waals surface area contributed by atoms with Crippen molar-refractivity contribution in [2.24, 2.45) is 17.8 Å². The highest BCUT2D eigenvalue weighted by atomic mass is 16.4. The van der Waals surface area contributed by atoms with Crippen molar-refractivity contribution in [3.63, 3.8) is 0 Å². The van der Waals surface area contributed by atoms with Gasteiger partial charge >= 0.3 is 5.97 Å². The number of hydrogen-bond donors (Lipinski definition) is 2. The van der Waals surface area contributed by atoms with Gasteiger partial charge in [0, 0.05) is 18.9 Å². The first-order chi connectivity index (χ1) is 8.58. The number of carboxylic acids is 1. The smallest absolute Gasteiger partial charge is 0.326 e. The van der Waals surface area contributed by atoms with Gasteiger partial charge in [0.2, 0.25) is 5.91 Å². The summed E-state index contributed by atoms with van der Waals surface area (Å²) in [7, 11) is 0.